The number of amides is 1. The minimum absolute atomic E-state index is 0.00364. The molecule has 4 heteroatoms. The lowest BCUT2D eigenvalue weighted by Crippen LogP contribution is -2.35. The molecule has 1 amide bonds. The van der Waals surface area contributed by atoms with Crippen LogP contribution in [0.25, 0.3) is 0 Å². The molecule has 1 unspecified atom stereocenters. The van der Waals surface area contributed by atoms with Crippen molar-refractivity contribution in [2.75, 3.05) is 30.4 Å². The van der Waals surface area contributed by atoms with Gasteiger partial charge in [-0.1, -0.05) is 6.07 Å². The molecule has 2 rings (SSSR count). The van der Waals surface area contributed by atoms with E-state index in [1.54, 1.807) is 7.05 Å². The molecule has 1 saturated heterocycles. The summed E-state index contributed by atoms with van der Waals surface area (Å²) < 4.78 is 0. The van der Waals surface area contributed by atoms with Crippen LogP contribution in [-0.2, 0) is 4.79 Å². The fraction of sp³-hybridized carbons (Fsp3) is 0.500. The van der Waals surface area contributed by atoms with E-state index in [1.165, 1.54) is 18.5 Å². The topological polar surface area (TPSA) is 44.4 Å². The molecule has 1 fully saturated rings. The third kappa shape index (κ3) is 3.01. The number of nitrogens with zero attached hydrogens (tertiary/aromatic N) is 1. The lowest BCUT2D eigenvalue weighted by molar-refractivity contribution is -0.117. The SMILES string of the molecule is CNC(C)C(=O)Nc1cccc(N2CCCC2)c1. The lowest BCUT2D eigenvalue weighted by atomic mass is 10.2. The summed E-state index contributed by atoms with van der Waals surface area (Å²) in [7, 11) is 1.78. The van der Waals surface area contributed by atoms with Gasteiger partial charge in [0.25, 0.3) is 0 Å². The number of benzene rings is 1. The molecule has 1 aromatic carbocycles. The second-order valence-electron chi connectivity index (χ2n) is 4.74. The Morgan fingerprint density at radius 2 is 2.06 bits per heavy atom. The van der Waals surface area contributed by atoms with Crippen LogP contribution in [0.1, 0.15) is 19.8 Å². The third-order valence-corrected chi connectivity index (χ3v) is 3.41. The molecule has 1 aliphatic heterocycles. The molecule has 0 spiro atoms. The molecule has 4 nitrogen and oxygen atoms in total. The second kappa shape index (κ2) is 5.87. The molecule has 1 heterocycles. The number of anilines is 2. The van der Waals surface area contributed by atoms with Crippen LogP contribution in [-0.4, -0.2) is 32.1 Å². The Morgan fingerprint density at radius 3 is 2.72 bits per heavy atom. The van der Waals surface area contributed by atoms with E-state index in [2.05, 4.69) is 21.6 Å². The van der Waals surface area contributed by atoms with Crippen molar-refractivity contribution < 1.29 is 4.79 Å². The molecule has 0 aliphatic carbocycles. The number of hydrogen-bond donors (Lipinski definition) is 2. The van der Waals surface area contributed by atoms with E-state index in [0.29, 0.717) is 0 Å². The average molecular weight is 247 g/mol. The fourth-order valence-corrected chi connectivity index (χ4v) is 2.14. The van der Waals surface area contributed by atoms with Gasteiger partial charge in [-0.2, -0.15) is 0 Å². The minimum atomic E-state index is -0.180. The molecule has 0 bridgehead atoms. The van der Waals surface area contributed by atoms with Crippen LogP contribution in [0.5, 0.6) is 0 Å². The Kier molecular flexibility index (Phi) is 4.20. The normalized spacial score (nSPS) is 16.7. The maximum Gasteiger partial charge on any atom is 0.241 e. The minimum Gasteiger partial charge on any atom is -0.371 e. The van der Waals surface area contributed by atoms with Crippen LogP contribution >= 0.6 is 0 Å². The summed E-state index contributed by atoms with van der Waals surface area (Å²) in [6, 6.07) is 7.89. The second-order valence-corrected chi connectivity index (χ2v) is 4.74. The van der Waals surface area contributed by atoms with Crippen molar-refractivity contribution >= 4 is 17.3 Å². The first-order valence-electron chi connectivity index (χ1n) is 6.54. The summed E-state index contributed by atoms with van der Waals surface area (Å²) in [5.74, 6) is -0.00364. The zero-order chi connectivity index (χ0) is 13.0. The van der Waals surface area contributed by atoms with Crippen LogP contribution in [0.15, 0.2) is 24.3 Å². The van der Waals surface area contributed by atoms with Crippen molar-refractivity contribution in [2.24, 2.45) is 0 Å². The largest absolute Gasteiger partial charge is 0.371 e. The van der Waals surface area contributed by atoms with E-state index in [0.717, 1.165) is 18.8 Å². The molecule has 0 saturated carbocycles. The monoisotopic (exact) mass is 247 g/mol. The van der Waals surface area contributed by atoms with Gasteiger partial charge in [-0.3, -0.25) is 4.79 Å². The van der Waals surface area contributed by atoms with Crippen LogP contribution in [0.4, 0.5) is 11.4 Å². The molecule has 1 aromatic rings. The number of likely N-dealkylation sites (N-methyl/N-ethyl adjacent to an activating group) is 1. The third-order valence-electron chi connectivity index (χ3n) is 3.41. The fourth-order valence-electron chi connectivity index (χ4n) is 2.14. The Labute approximate surface area is 108 Å². The lowest BCUT2D eigenvalue weighted by Gasteiger charge is -2.19. The van der Waals surface area contributed by atoms with Gasteiger partial charge < -0.3 is 15.5 Å². The highest BCUT2D eigenvalue weighted by Crippen LogP contribution is 2.23. The Bertz CT molecular complexity index is 413. The van der Waals surface area contributed by atoms with Gasteiger partial charge in [0, 0.05) is 24.5 Å². The molecule has 0 aromatic heterocycles. The molecule has 1 atom stereocenters. The predicted octanol–water partition coefficient (Wildman–Crippen LogP) is 1.83. The molecular formula is C14H21N3O. The quantitative estimate of drug-likeness (QED) is 0.853. The van der Waals surface area contributed by atoms with Crippen molar-refractivity contribution in [1.29, 1.82) is 0 Å². The van der Waals surface area contributed by atoms with Gasteiger partial charge >= 0.3 is 0 Å². The van der Waals surface area contributed by atoms with Crippen molar-refractivity contribution in [2.45, 2.75) is 25.8 Å². The van der Waals surface area contributed by atoms with E-state index in [1.807, 2.05) is 25.1 Å². The average Bonchev–Trinajstić information content (AvgIpc) is 2.92. The molecule has 1 aliphatic rings. The number of nitrogens with one attached hydrogen (secondary N) is 2. The summed E-state index contributed by atoms with van der Waals surface area (Å²) in [5.41, 5.74) is 2.06. The van der Waals surface area contributed by atoms with Gasteiger partial charge in [-0.05, 0) is 45.0 Å². The molecule has 18 heavy (non-hydrogen) atoms. The van der Waals surface area contributed by atoms with Gasteiger partial charge in [-0.15, -0.1) is 0 Å². The van der Waals surface area contributed by atoms with Crippen LogP contribution < -0.4 is 15.5 Å². The maximum absolute atomic E-state index is 11.8. The van der Waals surface area contributed by atoms with Crippen molar-refractivity contribution in [3.05, 3.63) is 24.3 Å². The van der Waals surface area contributed by atoms with Gasteiger partial charge in [-0.25, -0.2) is 0 Å². The Hall–Kier alpha value is -1.55. The standard InChI is InChI=1S/C14H21N3O/c1-11(15-2)14(18)16-12-6-5-7-13(10-12)17-8-3-4-9-17/h5-7,10-11,15H,3-4,8-9H2,1-2H3,(H,16,18). The maximum atomic E-state index is 11.8. The number of carbonyl (C=O) groups is 1. The Balaban J connectivity index is 2.05. The first-order valence-corrected chi connectivity index (χ1v) is 6.54. The highest BCUT2D eigenvalue weighted by atomic mass is 16.2. The van der Waals surface area contributed by atoms with E-state index in [-0.39, 0.29) is 11.9 Å². The molecule has 98 valence electrons. The molecule has 0 radical (unpaired) electrons. The van der Waals surface area contributed by atoms with Crippen LogP contribution in [0, 0.1) is 0 Å². The van der Waals surface area contributed by atoms with Crippen molar-refractivity contribution in [3.8, 4) is 0 Å². The first-order chi connectivity index (χ1) is 8.70. The van der Waals surface area contributed by atoms with E-state index in [9.17, 15) is 4.79 Å². The van der Waals surface area contributed by atoms with E-state index in [4.69, 9.17) is 0 Å². The summed E-state index contributed by atoms with van der Waals surface area (Å²) in [5, 5.41) is 5.86. The molecule has 2 N–H and O–H groups in total. The zero-order valence-corrected chi connectivity index (χ0v) is 11.1. The summed E-state index contributed by atoms with van der Waals surface area (Å²) in [4.78, 5) is 14.1. The van der Waals surface area contributed by atoms with Crippen LogP contribution in [0.2, 0.25) is 0 Å². The van der Waals surface area contributed by atoms with Crippen molar-refractivity contribution in [3.63, 3.8) is 0 Å². The van der Waals surface area contributed by atoms with Gasteiger partial charge in [0.15, 0.2) is 0 Å². The van der Waals surface area contributed by atoms with E-state index < -0.39 is 0 Å². The van der Waals surface area contributed by atoms with Gasteiger partial charge in [0.2, 0.25) is 5.91 Å². The van der Waals surface area contributed by atoms with Gasteiger partial charge in [0.05, 0.1) is 6.04 Å². The van der Waals surface area contributed by atoms with E-state index >= 15 is 0 Å². The number of hydrogen-bond acceptors (Lipinski definition) is 3. The summed E-state index contributed by atoms with van der Waals surface area (Å²) in [6.07, 6.45) is 2.51. The predicted molar refractivity (Wildman–Crippen MR) is 75.0 cm³/mol. The highest BCUT2D eigenvalue weighted by molar-refractivity contribution is 5.94. The smallest absolute Gasteiger partial charge is 0.241 e. The van der Waals surface area contributed by atoms with Gasteiger partial charge in [0.1, 0.15) is 0 Å². The number of carbonyl (C=O) groups excluding carboxylic acids is 1. The van der Waals surface area contributed by atoms with Crippen LogP contribution in [0.3, 0.4) is 0 Å². The first kappa shape index (κ1) is 12.9. The zero-order valence-electron chi connectivity index (χ0n) is 11.1. The number of rotatable bonds is 4. The highest BCUT2D eigenvalue weighted by Gasteiger charge is 2.14. The van der Waals surface area contributed by atoms with Crippen molar-refractivity contribution in [1.82, 2.24) is 5.32 Å². The summed E-state index contributed by atoms with van der Waals surface area (Å²) >= 11 is 0. The summed E-state index contributed by atoms with van der Waals surface area (Å²) in [6.45, 7) is 4.08. The molecular weight excluding hydrogens is 226 g/mol. The Morgan fingerprint density at radius 1 is 1.33 bits per heavy atom.